The maximum atomic E-state index is 5.57. The predicted molar refractivity (Wildman–Crippen MR) is 77.6 cm³/mol. The molecule has 0 radical (unpaired) electrons. The van der Waals surface area contributed by atoms with Crippen LogP contribution in [-0.4, -0.2) is 16.1 Å². The quantitative estimate of drug-likeness (QED) is 0.611. The van der Waals surface area contributed by atoms with Crippen molar-refractivity contribution in [3.05, 3.63) is 18.2 Å². The van der Waals surface area contributed by atoms with Gasteiger partial charge < -0.3 is 10.3 Å². The number of aryl methyl sites for hydroxylation is 1. The second-order valence-electron chi connectivity index (χ2n) is 5.05. The molecule has 0 aliphatic rings. The molecule has 18 heavy (non-hydrogen) atoms. The molecule has 1 rings (SSSR count). The topological polar surface area (TPSA) is 43.8 Å². The number of imidazole rings is 1. The van der Waals surface area contributed by atoms with Crippen LogP contribution in [0.15, 0.2) is 12.4 Å². The van der Waals surface area contributed by atoms with Gasteiger partial charge in [0.1, 0.15) is 5.82 Å². The molecule has 3 heteroatoms. The minimum Gasteiger partial charge on any atom is -0.335 e. The molecular weight excluding hydrogens is 222 g/mol. The van der Waals surface area contributed by atoms with Crippen molar-refractivity contribution < 1.29 is 0 Å². The van der Waals surface area contributed by atoms with Crippen molar-refractivity contribution in [3.63, 3.8) is 0 Å². The highest BCUT2D eigenvalue weighted by Gasteiger charge is 2.00. The zero-order chi connectivity index (χ0) is 13.1. The van der Waals surface area contributed by atoms with Gasteiger partial charge in [-0.1, -0.05) is 51.9 Å². The van der Waals surface area contributed by atoms with Crippen LogP contribution in [0.5, 0.6) is 0 Å². The summed E-state index contributed by atoms with van der Waals surface area (Å²) in [5.41, 5.74) is 5.57. The van der Waals surface area contributed by atoms with Crippen LogP contribution in [0.2, 0.25) is 0 Å². The van der Waals surface area contributed by atoms with Crippen LogP contribution in [0.25, 0.3) is 0 Å². The molecule has 1 aromatic rings. The van der Waals surface area contributed by atoms with Crippen LogP contribution in [0, 0.1) is 0 Å². The SMILES string of the molecule is CCCCCCCCCCn1ccnc1CCN. The average Bonchev–Trinajstić information content (AvgIpc) is 2.81. The molecule has 0 aliphatic carbocycles. The van der Waals surface area contributed by atoms with Gasteiger partial charge in [-0.15, -0.1) is 0 Å². The normalized spacial score (nSPS) is 11.0. The van der Waals surface area contributed by atoms with E-state index in [2.05, 4.69) is 22.7 Å². The molecule has 0 aliphatic heterocycles. The molecule has 0 unspecified atom stereocenters. The number of nitrogens with two attached hydrogens (primary N) is 1. The predicted octanol–water partition coefficient (Wildman–Crippen LogP) is 3.53. The third-order valence-electron chi connectivity index (χ3n) is 3.42. The Morgan fingerprint density at radius 3 is 2.39 bits per heavy atom. The monoisotopic (exact) mass is 251 g/mol. The van der Waals surface area contributed by atoms with E-state index in [1.807, 2.05) is 6.20 Å². The molecule has 104 valence electrons. The molecule has 0 spiro atoms. The number of nitrogens with zero attached hydrogens (tertiary/aromatic N) is 2. The van der Waals surface area contributed by atoms with Crippen LogP contribution in [0.3, 0.4) is 0 Å². The van der Waals surface area contributed by atoms with Crippen molar-refractivity contribution >= 4 is 0 Å². The molecule has 0 saturated carbocycles. The largest absolute Gasteiger partial charge is 0.335 e. The van der Waals surface area contributed by atoms with Crippen molar-refractivity contribution in [2.24, 2.45) is 5.73 Å². The first kappa shape index (κ1) is 15.2. The first-order valence-corrected chi connectivity index (χ1v) is 7.58. The molecular formula is C15H29N3. The summed E-state index contributed by atoms with van der Waals surface area (Å²) in [7, 11) is 0. The Labute approximate surface area is 112 Å². The number of hydrogen-bond donors (Lipinski definition) is 1. The zero-order valence-electron chi connectivity index (χ0n) is 11.9. The van der Waals surface area contributed by atoms with E-state index in [-0.39, 0.29) is 0 Å². The van der Waals surface area contributed by atoms with E-state index >= 15 is 0 Å². The fourth-order valence-electron chi connectivity index (χ4n) is 2.32. The maximum absolute atomic E-state index is 5.57. The second kappa shape index (κ2) is 10.1. The van der Waals surface area contributed by atoms with Gasteiger partial charge in [0.25, 0.3) is 0 Å². The number of aromatic nitrogens is 2. The number of rotatable bonds is 11. The fourth-order valence-corrected chi connectivity index (χ4v) is 2.32. The molecule has 1 aromatic heterocycles. The molecule has 0 fully saturated rings. The summed E-state index contributed by atoms with van der Waals surface area (Å²) >= 11 is 0. The fraction of sp³-hybridized carbons (Fsp3) is 0.800. The smallest absolute Gasteiger partial charge is 0.109 e. The summed E-state index contributed by atoms with van der Waals surface area (Å²) in [6.07, 6.45) is 15.8. The lowest BCUT2D eigenvalue weighted by molar-refractivity contribution is 0.535. The lowest BCUT2D eigenvalue weighted by Gasteiger charge is -2.07. The van der Waals surface area contributed by atoms with Crippen molar-refractivity contribution in [2.45, 2.75) is 71.3 Å². The van der Waals surface area contributed by atoms with Gasteiger partial charge in [-0.25, -0.2) is 4.98 Å². The van der Waals surface area contributed by atoms with Crippen LogP contribution < -0.4 is 5.73 Å². The van der Waals surface area contributed by atoms with Gasteiger partial charge >= 0.3 is 0 Å². The van der Waals surface area contributed by atoms with Crippen LogP contribution in [-0.2, 0) is 13.0 Å². The van der Waals surface area contributed by atoms with Crippen LogP contribution >= 0.6 is 0 Å². The van der Waals surface area contributed by atoms with Gasteiger partial charge in [-0.2, -0.15) is 0 Å². The summed E-state index contributed by atoms with van der Waals surface area (Å²) in [6, 6.07) is 0. The standard InChI is InChI=1S/C15H29N3/c1-2-3-4-5-6-7-8-9-13-18-14-12-17-15(18)10-11-16/h12,14H,2-11,13,16H2,1H3. The number of hydrogen-bond acceptors (Lipinski definition) is 2. The van der Waals surface area contributed by atoms with E-state index in [0.29, 0.717) is 6.54 Å². The van der Waals surface area contributed by atoms with Gasteiger partial charge in [0.2, 0.25) is 0 Å². The van der Waals surface area contributed by atoms with Crippen LogP contribution in [0.4, 0.5) is 0 Å². The molecule has 0 amide bonds. The third kappa shape index (κ3) is 6.20. The minimum absolute atomic E-state index is 0.689. The molecule has 0 aromatic carbocycles. The minimum atomic E-state index is 0.689. The first-order valence-electron chi connectivity index (χ1n) is 7.58. The Morgan fingerprint density at radius 1 is 1.06 bits per heavy atom. The Kier molecular flexibility index (Phi) is 8.57. The Hall–Kier alpha value is -0.830. The van der Waals surface area contributed by atoms with E-state index in [0.717, 1.165) is 18.8 Å². The molecule has 0 atom stereocenters. The Balaban J connectivity index is 2.01. The summed E-state index contributed by atoms with van der Waals surface area (Å²) in [5.74, 6) is 1.14. The lowest BCUT2D eigenvalue weighted by atomic mass is 10.1. The third-order valence-corrected chi connectivity index (χ3v) is 3.42. The van der Waals surface area contributed by atoms with E-state index in [4.69, 9.17) is 5.73 Å². The average molecular weight is 251 g/mol. The lowest BCUT2D eigenvalue weighted by Crippen LogP contribution is -2.09. The van der Waals surface area contributed by atoms with E-state index in [1.54, 1.807) is 0 Å². The second-order valence-corrected chi connectivity index (χ2v) is 5.05. The Morgan fingerprint density at radius 2 is 1.72 bits per heavy atom. The summed E-state index contributed by atoms with van der Waals surface area (Å²) in [6.45, 7) is 4.06. The maximum Gasteiger partial charge on any atom is 0.109 e. The van der Waals surface area contributed by atoms with Gasteiger partial charge in [0, 0.05) is 25.4 Å². The first-order chi connectivity index (χ1) is 8.88. The highest BCUT2D eigenvalue weighted by atomic mass is 15.1. The van der Waals surface area contributed by atoms with Gasteiger partial charge in [-0.05, 0) is 13.0 Å². The van der Waals surface area contributed by atoms with Gasteiger partial charge in [0.05, 0.1) is 0 Å². The highest BCUT2D eigenvalue weighted by molar-refractivity contribution is 4.92. The van der Waals surface area contributed by atoms with Gasteiger partial charge in [0.15, 0.2) is 0 Å². The van der Waals surface area contributed by atoms with Gasteiger partial charge in [-0.3, -0.25) is 0 Å². The van der Waals surface area contributed by atoms with E-state index in [9.17, 15) is 0 Å². The summed E-state index contributed by atoms with van der Waals surface area (Å²) < 4.78 is 2.25. The summed E-state index contributed by atoms with van der Waals surface area (Å²) in [5, 5.41) is 0. The number of unbranched alkanes of at least 4 members (excludes halogenated alkanes) is 7. The Bertz CT molecular complexity index is 294. The molecule has 1 heterocycles. The van der Waals surface area contributed by atoms with E-state index < -0.39 is 0 Å². The van der Waals surface area contributed by atoms with Crippen molar-refractivity contribution in [2.75, 3.05) is 6.54 Å². The van der Waals surface area contributed by atoms with E-state index in [1.165, 1.54) is 51.4 Å². The molecule has 0 bridgehead atoms. The van der Waals surface area contributed by atoms with Crippen molar-refractivity contribution in [1.29, 1.82) is 0 Å². The molecule has 0 saturated heterocycles. The highest BCUT2D eigenvalue weighted by Crippen LogP contribution is 2.09. The summed E-state index contributed by atoms with van der Waals surface area (Å²) in [4.78, 5) is 4.34. The van der Waals surface area contributed by atoms with Crippen LogP contribution in [0.1, 0.15) is 64.1 Å². The van der Waals surface area contributed by atoms with Crippen molar-refractivity contribution in [1.82, 2.24) is 9.55 Å². The molecule has 2 N–H and O–H groups in total. The molecule has 3 nitrogen and oxygen atoms in total. The van der Waals surface area contributed by atoms with Crippen molar-refractivity contribution in [3.8, 4) is 0 Å². The zero-order valence-corrected chi connectivity index (χ0v) is 11.9.